The molecule has 1 saturated heterocycles. The van der Waals surface area contributed by atoms with Crippen LogP contribution in [-0.2, 0) is 27.7 Å². The van der Waals surface area contributed by atoms with Crippen LogP contribution in [-0.4, -0.2) is 72.6 Å². The van der Waals surface area contributed by atoms with E-state index in [-0.39, 0.29) is 52.8 Å². The Labute approximate surface area is 300 Å². The molecule has 0 spiro atoms. The number of aryl methyl sites for hydroxylation is 2. The number of amides is 1. The number of carbonyl (C=O) groups excluding carboxylic acids is 1. The Morgan fingerprint density at radius 1 is 0.961 bits per heavy atom. The molecule has 0 radical (unpaired) electrons. The van der Waals surface area contributed by atoms with E-state index in [1.54, 1.807) is 23.1 Å². The third kappa shape index (κ3) is 7.30. The van der Waals surface area contributed by atoms with Gasteiger partial charge in [-0.15, -0.1) is 0 Å². The molecule has 4 bridgehead atoms. The van der Waals surface area contributed by atoms with Crippen LogP contribution >= 0.6 is 0 Å². The van der Waals surface area contributed by atoms with Gasteiger partial charge in [-0.25, -0.2) is 23.1 Å². The zero-order chi connectivity index (χ0) is 36.1. The molecule has 3 aliphatic heterocycles. The highest BCUT2D eigenvalue weighted by Crippen LogP contribution is 2.35. The molecule has 12 heteroatoms. The van der Waals surface area contributed by atoms with Crippen molar-refractivity contribution in [2.24, 2.45) is 11.3 Å². The second kappa shape index (κ2) is 13.5. The third-order valence-electron chi connectivity index (χ3n) is 10.0. The molecule has 1 amide bonds. The van der Waals surface area contributed by atoms with Crippen LogP contribution in [0, 0.1) is 25.2 Å². The topological polar surface area (TPSA) is 127 Å². The molecular formula is C39H46N6O5S. The first-order valence-corrected chi connectivity index (χ1v) is 19.1. The second-order valence-electron chi connectivity index (χ2n) is 15.3. The lowest BCUT2D eigenvalue weighted by molar-refractivity contribution is 0.0509. The SMILES string of the molecule is Cc1cccc(C)c1-c1cc2nc(n1)NS(=O)(=O)c1cccc(c1)C(=O)N(Cc1ccc3c(n1)N1CCOCC1C(C)C3)[C@H](CC(C)(C)C)CO2. The highest BCUT2D eigenvalue weighted by atomic mass is 32.2. The van der Waals surface area contributed by atoms with Gasteiger partial charge >= 0.3 is 0 Å². The van der Waals surface area contributed by atoms with E-state index in [1.165, 1.54) is 17.7 Å². The van der Waals surface area contributed by atoms with Gasteiger partial charge in [0.25, 0.3) is 15.9 Å². The van der Waals surface area contributed by atoms with Crippen LogP contribution in [0.25, 0.3) is 11.3 Å². The normalized spacial score (nSPS) is 21.6. The number of benzene rings is 2. The molecule has 0 saturated carbocycles. The molecule has 4 aromatic rings. The molecule has 7 rings (SSSR count). The zero-order valence-electron chi connectivity index (χ0n) is 30.1. The average Bonchev–Trinajstić information content (AvgIpc) is 3.08. The molecule has 3 aliphatic rings. The molecule has 2 aromatic carbocycles. The van der Waals surface area contributed by atoms with Gasteiger partial charge in [-0.05, 0) is 79.0 Å². The molecule has 5 heterocycles. The number of nitrogens with one attached hydrogen (secondary N) is 1. The first kappa shape index (κ1) is 34.9. The second-order valence-corrected chi connectivity index (χ2v) is 17.0. The summed E-state index contributed by atoms with van der Waals surface area (Å²) in [6.45, 7) is 15.0. The zero-order valence-corrected chi connectivity index (χ0v) is 31.0. The summed E-state index contributed by atoms with van der Waals surface area (Å²) in [5.41, 5.74) is 5.38. The Morgan fingerprint density at radius 3 is 2.49 bits per heavy atom. The molecule has 268 valence electrons. The number of hydrogen-bond donors (Lipinski definition) is 1. The number of anilines is 2. The maximum Gasteiger partial charge on any atom is 0.264 e. The lowest BCUT2D eigenvalue weighted by Crippen LogP contribution is -2.52. The number of carbonyl (C=O) groups is 1. The number of sulfonamides is 1. The van der Waals surface area contributed by atoms with Crippen LogP contribution in [0.15, 0.2) is 65.6 Å². The van der Waals surface area contributed by atoms with E-state index in [4.69, 9.17) is 14.5 Å². The van der Waals surface area contributed by atoms with Crippen LogP contribution in [0.4, 0.5) is 11.8 Å². The highest BCUT2D eigenvalue weighted by molar-refractivity contribution is 7.92. The Hall–Kier alpha value is -4.55. The van der Waals surface area contributed by atoms with Crippen LogP contribution in [0.1, 0.15) is 66.9 Å². The number of fused-ring (bicyclic) bond motifs is 7. The number of morpholine rings is 1. The molecule has 1 fully saturated rings. The first-order chi connectivity index (χ1) is 24.3. The van der Waals surface area contributed by atoms with Crippen molar-refractivity contribution in [1.82, 2.24) is 19.9 Å². The summed E-state index contributed by atoms with van der Waals surface area (Å²) in [6, 6.07) is 17.8. The summed E-state index contributed by atoms with van der Waals surface area (Å²) in [4.78, 5) is 33.1. The number of rotatable bonds is 4. The van der Waals surface area contributed by atoms with Crippen LogP contribution in [0.2, 0.25) is 0 Å². The fraction of sp³-hybridized carbons (Fsp3) is 0.436. The minimum atomic E-state index is -4.18. The van der Waals surface area contributed by atoms with Crippen molar-refractivity contribution in [3.8, 4) is 17.1 Å². The summed E-state index contributed by atoms with van der Waals surface area (Å²) >= 11 is 0. The van der Waals surface area contributed by atoms with Gasteiger partial charge in [0.05, 0.1) is 48.1 Å². The van der Waals surface area contributed by atoms with Gasteiger partial charge in [0.2, 0.25) is 11.8 Å². The Kier molecular flexibility index (Phi) is 9.26. The van der Waals surface area contributed by atoms with Gasteiger partial charge in [0.15, 0.2) is 0 Å². The van der Waals surface area contributed by atoms with E-state index in [2.05, 4.69) is 53.4 Å². The van der Waals surface area contributed by atoms with E-state index in [9.17, 15) is 13.2 Å². The largest absolute Gasteiger partial charge is 0.475 e. The summed E-state index contributed by atoms with van der Waals surface area (Å²) in [7, 11) is -4.18. The summed E-state index contributed by atoms with van der Waals surface area (Å²) in [6.07, 6.45) is 1.52. The average molecular weight is 711 g/mol. The summed E-state index contributed by atoms with van der Waals surface area (Å²) in [5, 5.41) is 0. The van der Waals surface area contributed by atoms with Gasteiger partial charge < -0.3 is 19.3 Å². The third-order valence-corrected chi connectivity index (χ3v) is 11.3. The van der Waals surface area contributed by atoms with E-state index in [0.29, 0.717) is 31.2 Å². The van der Waals surface area contributed by atoms with Crippen molar-refractivity contribution < 1.29 is 22.7 Å². The van der Waals surface area contributed by atoms with E-state index in [0.717, 1.165) is 41.2 Å². The minimum Gasteiger partial charge on any atom is -0.475 e. The predicted octanol–water partition coefficient (Wildman–Crippen LogP) is 6.19. The fourth-order valence-electron chi connectivity index (χ4n) is 7.57. The lowest BCUT2D eigenvalue weighted by atomic mass is 9.87. The quantitative estimate of drug-likeness (QED) is 0.264. The molecule has 0 aliphatic carbocycles. The number of aromatic nitrogens is 3. The van der Waals surface area contributed by atoms with Crippen molar-refractivity contribution in [2.45, 2.75) is 77.9 Å². The van der Waals surface area contributed by atoms with Crippen LogP contribution in [0.3, 0.4) is 0 Å². The van der Waals surface area contributed by atoms with E-state index >= 15 is 0 Å². The van der Waals surface area contributed by atoms with Gasteiger partial charge in [0.1, 0.15) is 12.4 Å². The fourth-order valence-corrected chi connectivity index (χ4v) is 8.56. The number of pyridine rings is 1. The first-order valence-electron chi connectivity index (χ1n) is 17.6. The molecule has 3 atom stereocenters. The monoisotopic (exact) mass is 710 g/mol. The smallest absolute Gasteiger partial charge is 0.264 e. The minimum absolute atomic E-state index is 0.0668. The molecular weight excluding hydrogens is 665 g/mol. The van der Waals surface area contributed by atoms with Crippen LogP contribution < -0.4 is 14.4 Å². The van der Waals surface area contributed by atoms with E-state index in [1.807, 2.05) is 38.1 Å². The maximum atomic E-state index is 14.7. The van der Waals surface area contributed by atoms with Crippen molar-refractivity contribution in [3.63, 3.8) is 0 Å². The van der Waals surface area contributed by atoms with Gasteiger partial charge in [-0.2, -0.15) is 4.98 Å². The van der Waals surface area contributed by atoms with Crippen molar-refractivity contribution in [2.75, 3.05) is 36.0 Å². The Morgan fingerprint density at radius 2 is 1.73 bits per heavy atom. The summed E-state index contributed by atoms with van der Waals surface area (Å²) in [5.74, 6) is 1.18. The van der Waals surface area contributed by atoms with Crippen molar-refractivity contribution >= 4 is 27.7 Å². The van der Waals surface area contributed by atoms with Gasteiger partial charge in [-0.1, -0.05) is 58.0 Å². The van der Waals surface area contributed by atoms with Gasteiger partial charge in [0, 0.05) is 23.7 Å². The predicted molar refractivity (Wildman–Crippen MR) is 196 cm³/mol. The molecule has 11 nitrogen and oxygen atoms in total. The Balaban J connectivity index is 1.33. The number of hydrogen-bond acceptors (Lipinski definition) is 9. The number of nitrogens with zero attached hydrogens (tertiary/aromatic N) is 5. The molecule has 1 N–H and O–H groups in total. The van der Waals surface area contributed by atoms with Crippen molar-refractivity contribution in [3.05, 3.63) is 88.6 Å². The lowest BCUT2D eigenvalue weighted by Gasteiger charge is -2.44. The number of ether oxygens (including phenoxy) is 2. The molecule has 51 heavy (non-hydrogen) atoms. The standard InChI is InChI=1S/C39H46N6O5S/c1-24-9-7-10-25(2)35(24)32-19-34-42-38(41-32)43-51(47,48)31-12-8-11-28(18-31)37(46)45(30(22-50-34)20-39(4,5)6)21-29-14-13-27-17-26(3)33-23-49-16-15-44(33)36(27)40-29/h7-14,18-19,26,30,33H,15-17,20-23H2,1-6H3,(H,41,42,43)/t26?,30-,33?/m1/s1. The Bertz CT molecular complexity index is 2060. The van der Waals surface area contributed by atoms with Gasteiger partial charge in [-0.3, -0.25) is 4.79 Å². The van der Waals surface area contributed by atoms with E-state index < -0.39 is 16.1 Å². The molecule has 2 aromatic heterocycles. The maximum absolute atomic E-state index is 14.7. The van der Waals surface area contributed by atoms with Crippen molar-refractivity contribution in [1.29, 1.82) is 0 Å². The highest BCUT2D eigenvalue weighted by Gasteiger charge is 2.36. The van der Waals surface area contributed by atoms with Crippen LogP contribution in [0.5, 0.6) is 5.88 Å². The summed E-state index contributed by atoms with van der Waals surface area (Å²) < 4.78 is 42.4. The molecule has 2 unspecified atom stereocenters.